The maximum Gasteiger partial charge on any atom is 0.319 e. The highest BCUT2D eigenvalue weighted by Gasteiger charge is 2.31. The van der Waals surface area contributed by atoms with Gasteiger partial charge in [0.15, 0.2) is 0 Å². The van der Waals surface area contributed by atoms with Gasteiger partial charge < -0.3 is 15.2 Å². The second-order valence-corrected chi connectivity index (χ2v) is 6.41. The first-order valence-electron chi connectivity index (χ1n) is 7.79. The lowest BCUT2D eigenvalue weighted by Gasteiger charge is -2.39. The summed E-state index contributed by atoms with van der Waals surface area (Å²) in [5.41, 5.74) is 0. The molecular formula is C15H28N2O3. The molecule has 0 radical (unpaired) electrons. The van der Waals surface area contributed by atoms with Crippen molar-refractivity contribution in [2.24, 2.45) is 11.8 Å². The van der Waals surface area contributed by atoms with Crippen LogP contribution in [0.25, 0.3) is 0 Å². The number of hydrogen-bond donors (Lipinski definition) is 2. The Morgan fingerprint density at radius 2 is 2.20 bits per heavy atom. The van der Waals surface area contributed by atoms with Crippen LogP contribution in [0.4, 0.5) is 0 Å². The lowest BCUT2D eigenvalue weighted by atomic mass is 9.84. The topological polar surface area (TPSA) is 61.8 Å². The average molecular weight is 284 g/mol. The number of hydrogen-bond acceptors (Lipinski definition) is 5. The van der Waals surface area contributed by atoms with Crippen LogP contribution in [0.1, 0.15) is 32.6 Å². The van der Waals surface area contributed by atoms with Crippen LogP contribution in [0.2, 0.25) is 0 Å². The number of carbonyl (C=O) groups is 1. The van der Waals surface area contributed by atoms with E-state index < -0.39 is 0 Å². The van der Waals surface area contributed by atoms with E-state index in [1.54, 1.807) is 0 Å². The Morgan fingerprint density at radius 3 is 2.75 bits per heavy atom. The predicted molar refractivity (Wildman–Crippen MR) is 77.4 cm³/mol. The Balaban J connectivity index is 1.84. The lowest BCUT2D eigenvalue weighted by Crippen LogP contribution is -2.53. The Morgan fingerprint density at radius 1 is 1.45 bits per heavy atom. The van der Waals surface area contributed by atoms with Gasteiger partial charge in [-0.1, -0.05) is 6.42 Å². The fourth-order valence-corrected chi connectivity index (χ4v) is 3.14. The monoisotopic (exact) mass is 284 g/mol. The van der Waals surface area contributed by atoms with Crippen molar-refractivity contribution in [2.45, 2.75) is 44.8 Å². The van der Waals surface area contributed by atoms with E-state index in [0.717, 1.165) is 32.0 Å². The van der Waals surface area contributed by atoms with Crippen molar-refractivity contribution in [3.63, 3.8) is 0 Å². The van der Waals surface area contributed by atoms with Crippen molar-refractivity contribution in [1.29, 1.82) is 0 Å². The molecule has 0 aromatic heterocycles. The van der Waals surface area contributed by atoms with Crippen molar-refractivity contribution in [2.75, 3.05) is 33.3 Å². The zero-order valence-electron chi connectivity index (χ0n) is 12.7. The number of aliphatic hydroxyl groups is 1. The Hall–Kier alpha value is -0.650. The number of rotatable bonds is 6. The summed E-state index contributed by atoms with van der Waals surface area (Å²) in [5.74, 6) is 0.859. The van der Waals surface area contributed by atoms with Gasteiger partial charge in [0.25, 0.3) is 0 Å². The van der Waals surface area contributed by atoms with E-state index >= 15 is 0 Å². The number of carbonyl (C=O) groups excluding carboxylic acids is 1. The van der Waals surface area contributed by atoms with Crippen LogP contribution in [-0.2, 0) is 9.53 Å². The van der Waals surface area contributed by atoms with Gasteiger partial charge in [0.1, 0.15) is 0 Å². The molecule has 1 aliphatic heterocycles. The number of aliphatic hydroxyl groups excluding tert-OH is 1. The van der Waals surface area contributed by atoms with Gasteiger partial charge in [-0.05, 0) is 44.6 Å². The summed E-state index contributed by atoms with van der Waals surface area (Å²) in [4.78, 5) is 13.5. The number of nitrogens with zero attached hydrogens (tertiary/aromatic N) is 1. The van der Waals surface area contributed by atoms with Crippen LogP contribution in [0.5, 0.6) is 0 Å². The summed E-state index contributed by atoms with van der Waals surface area (Å²) in [6.07, 6.45) is 4.70. The highest BCUT2D eigenvalue weighted by molar-refractivity contribution is 5.71. The normalized spacial score (nSPS) is 29.8. The zero-order valence-corrected chi connectivity index (χ0v) is 12.7. The van der Waals surface area contributed by atoms with E-state index in [9.17, 15) is 9.90 Å². The quantitative estimate of drug-likeness (QED) is 0.700. The second kappa shape index (κ2) is 7.38. The fourth-order valence-electron chi connectivity index (χ4n) is 3.14. The number of esters is 1. The number of piperidine rings is 1. The SMILES string of the molecule is COC(=O)CN1CC(NCC2CCC2)CC(C(C)O)C1. The summed E-state index contributed by atoms with van der Waals surface area (Å²) >= 11 is 0. The molecular weight excluding hydrogens is 256 g/mol. The first kappa shape index (κ1) is 15.7. The highest BCUT2D eigenvalue weighted by Crippen LogP contribution is 2.26. The molecule has 5 nitrogen and oxygen atoms in total. The van der Waals surface area contributed by atoms with Crippen LogP contribution >= 0.6 is 0 Å². The molecule has 5 heteroatoms. The van der Waals surface area contributed by atoms with Crippen LogP contribution < -0.4 is 5.32 Å². The number of likely N-dealkylation sites (tertiary alicyclic amines) is 1. The minimum Gasteiger partial charge on any atom is -0.468 e. The van der Waals surface area contributed by atoms with Gasteiger partial charge in [0.2, 0.25) is 0 Å². The molecule has 1 aliphatic carbocycles. The van der Waals surface area contributed by atoms with E-state index in [4.69, 9.17) is 4.74 Å². The molecule has 1 heterocycles. The molecule has 1 saturated heterocycles. The molecule has 20 heavy (non-hydrogen) atoms. The molecule has 2 N–H and O–H groups in total. The standard InChI is InChI=1S/C15H28N2O3/c1-11(18)13-6-14(16-7-12-4-3-5-12)9-17(8-13)10-15(19)20-2/h11-14,16,18H,3-10H2,1-2H3. The largest absolute Gasteiger partial charge is 0.468 e. The van der Waals surface area contributed by atoms with Gasteiger partial charge >= 0.3 is 5.97 Å². The third-order valence-electron chi connectivity index (χ3n) is 4.74. The highest BCUT2D eigenvalue weighted by atomic mass is 16.5. The van der Waals surface area contributed by atoms with Gasteiger partial charge in [-0.2, -0.15) is 0 Å². The second-order valence-electron chi connectivity index (χ2n) is 6.41. The number of nitrogens with one attached hydrogen (secondary N) is 1. The average Bonchev–Trinajstić information content (AvgIpc) is 2.36. The molecule has 0 aromatic rings. The summed E-state index contributed by atoms with van der Waals surface area (Å²) < 4.78 is 4.75. The summed E-state index contributed by atoms with van der Waals surface area (Å²) in [7, 11) is 1.42. The van der Waals surface area contributed by atoms with Crippen molar-refractivity contribution >= 4 is 5.97 Å². The fraction of sp³-hybridized carbons (Fsp3) is 0.933. The van der Waals surface area contributed by atoms with Gasteiger partial charge in [-0.15, -0.1) is 0 Å². The van der Waals surface area contributed by atoms with E-state index in [0.29, 0.717) is 12.6 Å². The molecule has 2 fully saturated rings. The molecule has 0 amide bonds. The van der Waals surface area contributed by atoms with E-state index in [1.807, 2.05) is 6.92 Å². The van der Waals surface area contributed by atoms with Crippen LogP contribution in [0.15, 0.2) is 0 Å². The van der Waals surface area contributed by atoms with Crippen molar-refractivity contribution in [3.8, 4) is 0 Å². The number of ether oxygens (including phenoxy) is 1. The summed E-state index contributed by atoms with van der Waals surface area (Å²) in [5, 5.41) is 13.5. The molecule has 2 rings (SSSR count). The van der Waals surface area contributed by atoms with Crippen molar-refractivity contribution < 1.29 is 14.6 Å². The smallest absolute Gasteiger partial charge is 0.319 e. The molecule has 1 saturated carbocycles. The molecule has 3 atom stereocenters. The zero-order chi connectivity index (χ0) is 14.5. The Bertz CT molecular complexity index is 318. The maximum atomic E-state index is 11.4. The van der Waals surface area contributed by atoms with E-state index in [-0.39, 0.29) is 18.0 Å². The Kier molecular flexibility index (Phi) is 5.81. The third kappa shape index (κ3) is 4.43. The third-order valence-corrected chi connectivity index (χ3v) is 4.74. The van der Waals surface area contributed by atoms with Crippen molar-refractivity contribution in [1.82, 2.24) is 10.2 Å². The predicted octanol–water partition coefficient (Wildman–Crippen LogP) is 0.620. The molecule has 2 aliphatic rings. The van der Waals surface area contributed by atoms with Gasteiger partial charge in [0, 0.05) is 19.1 Å². The van der Waals surface area contributed by atoms with Crippen LogP contribution in [-0.4, -0.2) is 61.4 Å². The van der Waals surface area contributed by atoms with Crippen LogP contribution in [0.3, 0.4) is 0 Å². The summed E-state index contributed by atoms with van der Waals surface area (Å²) in [6.45, 7) is 4.87. The van der Waals surface area contributed by atoms with Gasteiger partial charge in [0.05, 0.1) is 19.8 Å². The van der Waals surface area contributed by atoms with Crippen LogP contribution in [0, 0.1) is 11.8 Å². The van der Waals surface area contributed by atoms with Gasteiger partial charge in [-0.25, -0.2) is 0 Å². The summed E-state index contributed by atoms with van der Waals surface area (Å²) in [6, 6.07) is 0.369. The first-order valence-corrected chi connectivity index (χ1v) is 7.79. The molecule has 0 bridgehead atoms. The number of methoxy groups -OCH3 is 1. The van der Waals surface area contributed by atoms with E-state index in [1.165, 1.54) is 26.4 Å². The lowest BCUT2D eigenvalue weighted by molar-refractivity contribution is -0.142. The Labute approximate surface area is 121 Å². The molecule has 116 valence electrons. The minimum absolute atomic E-state index is 0.200. The van der Waals surface area contributed by atoms with Crippen molar-refractivity contribution in [3.05, 3.63) is 0 Å². The van der Waals surface area contributed by atoms with E-state index in [2.05, 4.69) is 10.2 Å². The molecule has 0 spiro atoms. The molecule has 3 unspecified atom stereocenters. The molecule has 0 aromatic carbocycles. The van der Waals surface area contributed by atoms with Gasteiger partial charge in [-0.3, -0.25) is 9.69 Å². The minimum atomic E-state index is -0.330. The first-order chi connectivity index (χ1) is 9.58. The maximum absolute atomic E-state index is 11.4.